The van der Waals surface area contributed by atoms with Gasteiger partial charge in [-0.15, -0.1) is 0 Å². The van der Waals surface area contributed by atoms with Crippen LogP contribution in [0.15, 0.2) is 33.1 Å². The summed E-state index contributed by atoms with van der Waals surface area (Å²) in [4.78, 5) is 11.4. The summed E-state index contributed by atoms with van der Waals surface area (Å²) in [6.07, 6.45) is 0. The molecule has 5 heteroatoms. The van der Waals surface area contributed by atoms with Crippen LogP contribution in [0.2, 0.25) is 0 Å². The summed E-state index contributed by atoms with van der Waals surface area (Å²) in [6.45, 7) is 4.63. The van der Waals surface area contributed by atoms with Crippen LogP contribution in [0.4, 0.5) is 0 Å². The van der Waals surface area contributed by atoms with Gasteiger partial charge in [0.2, 0.25) is 5.76 Å². The first kappa shape index (κ1) is 13.4. The van der Waals surface area contributed by atoms with E-state index < -0.39 is 5.97 Å². The Kier molecular flexibility index (Phi) is 4.06. The van der Waals surface area contributed by atoms with Crippen LogP contribution in [0.5, 0.6) is 0 Å². The Morgan fingerprint density at radius 2 is 1.95 bits per heavy atom. The first-order chi connectivity index (χ1) is 9.15. The molecule has 0 saturated carbocycles. The third-order valence-corrected chi connectivity index (χ3v) is 2.75. The second-order valence-electron chi connectivity index (χ2n) is 4.13. The monoisotopic (exact) mass is 263 g/mol. The number of carbonyl (C=O) groups excluding carboxylic acids is 1. The molecule has 2 rings (SSSR count). The number of nitrogens with one attached hydrogen (secondary N) is 1. The molecule has 2 heterocycles. The summed E-state index contributed by atoms with van der Waals surface area (Å²) in [5, 5.41) is 3.26. The number of hydrogen-bond acceptors (Lipinski definition) is 5. The Balaban J connectivity index is 2.29. The van der Waals surface area contributed by atoms with E-state index in [-0.39, 0.29) is 11.8 Å². The lowest BCUT2D eigenvalue weighted by Gasteiger charge is -2.12. The van der Waals surface area contributed by atoms with Crippen LogP contribution in [-0.4, -0.2) is 19.6 Å². The van der Waals surface area contributed by atoms with Crippen molar-refractivity contribution in [1.29, 1.82) is 0 Å². The van der Waals surface area contributed by atoms with E-state index in [2.05, 4.69) is 10.1 Å². The SMILES string of the molecule is CCNC(c1ccc(C)o1)c1ccc(C(=O)OC)o1. The Morgan fingerprint density at radius 3 is 2.53 bits per heavy atom. The van der Waals surface area contributed by atoms with Gasteiger partial charge in [-0.1, -0.05) is 6.92 Å². The topological polar surface area (TPSA) is 64.6 Å². The van der Waals surface area contributed by atoms with Gasteiger partial charge >= 0.3 is 5.97 Å². The standard InChI is InChI=1S/C14H17NO4/c1-4-15-13(10-6-5-9(2)18-10)11-7-8-12(19-11)14(16)17-3/h5-8,13,15H,4H2,1-3H3. The van der Waals surface area contributed by atoms with Gasteiger partial charge in [0.15, 0.2) is 0 Å². The molecule has 0 saturated heterocycles. The zero-order chi connectivity index (χ0) is 13.8. The van der Waals surface area contributed by atoms with Crippen molar-refractivity contribution in [3.63, 3.8) is 0 Å². The molecule has 0 aliphatic rings. The van der Waals surface area contributed by atoms with E-state index in [4.69, 9.17) is 8.83 Å². The molecule has 0 amide bonds. The molecule has 1 atom stereocenters. The molecule has 2 aromatic heterocycles. The molecule has 0 aliphatic heterocycles. The summed E-state index contributed by atoms with van der Waals surface area (Å²) in [7, 11) is 1.32. The highest BCUT2D eigenvalue weighted by Crippen LogP contribution is 2.25. The summed E-state index contributed by atoms with van der Waals surface area (Å²) in [6, 6.07) is 6.92. The highest BCUT2D eigenvalue weighted by atomic mass is 16.5. The molecular formula is C14H17NO4. The predicted octanol–water partition coefficient (Wildman–Crippen LogP) is 2.67. The van der Waals surface area contributed by atoms with E-state index in [9.17, 15) is 4.79 Å². The molecule has 0 aromatic carbocycles. The minimum absolute atomic E-state index is 0.184. The third-order valence-electron chi connectivity index (χ3n) is 2.75. The van der Waals surface area contributed by atoms with E-state index in [0.717, 1.165) is 18.1 Å². The van der Waals surface area contributed by atoms with Crippen molar-refractivity contribution >= 4 is 5.97 Å². The van der Waals surface area contributed by atoms with E-state index >= 15 is 0 Å². The molecule has 2 aromatic rings. The van der Waals surface area contributed by atoms with Crippen LogP contribution < -0.4 is 5.32 Å². The Labute approximate surface area is 111 Å². The average Bonchev–Trinajstić information content (AvgIpc) is 3.04. The molecule has 1 N–H and O–H groups in total. The molecule has 5 nitrogen and oxygen atoms in total. The smallest absolute Gasteiger partial charge is 0.373 e. The molecule has 0 fully saturated rings. The third kappa shape index (κ3) is 2.88. The largest absolute Gasteiger partial charge is 0.464 e. The number of furan rings is 2. The van der Waals surface area contributed by atoms with Gasteiger partial charge in [-0.25, -0.2) is 4.79 Å². The van der Waals surface area contributed by atoms with Crippen molar-refractivity contribution < 1.29 is 18.4 Å². The Bertz CT molecular complexity index is 555. The van der Waals surface area contributed by atoms with Gasteiger partial charge in [0.25, 0.3) is 0 Å². The Hall–Kier alpha value is -2.01. The summed E-state index contributed by atoms with van der Waals surface area (Å²) >= 11 is 0. The van der Waals surface area contributed by atoms with Gasteiger partial charge in [-0.05, 0) is 37.7 Å². The van der Waals surface area contributed by atoms with Crippen LogP contribution in [0, 0.1) is 6.92 Å². The number of rotatable bonds is 5. The average molecular weight is 263 g/mol. The van der Waals surface area contributed by atoms with Crippen LogP contribution in [-0.2, 0) is 4.74 Å². The fraction of sp³-hybridized carbons (Fsp3) is 0.357. The molecular weight excluding hydrogens is 246 g/mol. The summed E-state index contributed by atoms with van der Waals surface area (Å²) in [5.41, 5.74) is 0. The zero-order valence-corrected chi connectivity index (χ0v) is 11.2. The van der Waals surface area contributed by atoms with Crippen LogP contribution >= 0.6 is 0 Å². The second kappa shape index (κ2) is 5.75. The second-order valence-corrected chi connectivity index (χ2v) is 4.13. The summed E-state index contributed by atoms with van der Waals surface area (Å²) in [5.74, 6) is 1.90. The zero-order valence-electron chi connectivity index (χ0n) is 11.2. The van der Waals surface area contributed by atoms with Gasteiger partial charge in [0, 0.05) is 0 Å². The van der Waals surface area contributed by atoms with Crippen LogP contribution in [0.3, 0.4) is 0 Å². The number of methoxy groups -OCH3 is 1. The quantitative estimate of drug-likeness (QED) is 0.840. The number of esters is 1. The number of carbonyl (C=O) groups is 1. The minimum Gasteiger partial charge on any atom is -0.464 e. The fourth-order valence-electron chi connectivity index (χ4n) is 1.87. The maximum atomic E-state index is 11.4. The van der Waals surface area contributed by atoms with E-state index in [0.29, 0.717) is 5.76 Å². The van der Waals surface area contributed by atoms with Crippen molar-refractivity contribution in [3.8, 4) is 0 Å². The normalized spacial score (nSPS) is 12.4. The van der Waals surface area contributed by atoms with Crippen molar-refractivity contribution in [2.45, 2.75) is 19.9 Å². The van der Waals surface area contributed by atoms with Gasteiger partial charge < -0.3 is 18.9 Å². The molecule has 102 valence electrons. The fourth-order valence-corrected chi connectivity index (χ4v) is 1.87. The first-order valence-electron chi connectivity index (χ1n) is 6.13. The number of hydrogen-bond donors (Lipinski definition) is 1. The van der Waals surface area contributed by atoms with Crippen molar-refractivity contribution in [1.82, 2.24) is 5.32 Å². The predicted molar refractivity (Wildman–Crippen MR) is 69.0 cm³/mol. The van der Waals surface area contributed by atoms with Gasteiger partial charge in [-0.3, -0.25) is 0 Å². The van der Waals surface area contributed by atoms with Crippen LogP contribution in [0.1, 0.15) is 40.8 Å². The highest BCUT2D eigenvalue weighted by Gasteiger charge is 2.22. The van der Waals surface area contributed by atoms with E-state index in [1.54, 1.807) is 12.1 Å². The molecule has 0 bridgehead atoms. The first-order valence-corrected chi connectivity index (χ1v) is 6.13. The minimum atomic E-state index is -0.489. The van der Waals surface area contributed by atoms with Crippen molar-refractivity contribution in [3.05, 3.63) is 47.3 Å². The maximum absolute atomic E-state index is 11.4. The summed E-state index contributed by atoms with van der Waals surface area (Å²) < 4.78 is 15.8. The lowest BCUT2D eigenvalue weighted by Crippen LogP contribution is -2.21. The van der Waals surface area contributed by atoms with Crippen LogP contribution in [0.25, 0.3) is 0 Å². The lowest BCUT2D eigenvalue weighted by molar-refractivity contribution is 0.0562. The molecule has 1 unspecified atom stereocenters. The molecule has 19 heavy (non-hydrogen) atoms. The Morgan fingerprint density at radius 1 is 1.26 bits per heavy atom. The van der Waals surface area contributed by atoms with Gasteiger partial charge in [0.1, 0.15) is 23.3 Å². The highest BCUT2D eigenvalue weighted by molar-refractivity contribution is 5.86. The number of aryl methyl sites for hydroxylation is 1. The molecule has 0 radical (unpaired) electrons. The maximum Gasteiger partial charge on any atom is 0.373 e. The van der Waals surface area contributed by atoms with Crippen molar-refractivity contribution in [2.24, 2.45) is 0 Å². The van der Waals surface area contributed by atoms with Gasteiger partial charge in [-0.2, -0.15) is 0 Å². The molecule has 0 spiro atoms. The van der Waals surface area contributed by atoms with Crippen molar-refractivity contribution in [2.75, 3.05) is 13.7 Å². The van der Waals surface area contributed by atoms with E-state index in [1.807, 2.05) is 26.0 Å². The van der Waals surface area contributed by atoms with Gasteiger partial charge in [0.05, 0.1) is 7.11 Å². The lowest BCUT2D eigenvalue weighted by atomic mass is 10.1. The molecule has 0 aliphatic carbocycles. The van der Waals surface area contributed by atoms with E-state index in [1.165, 1.54) is 7.11 Å². The number of ether oxygens (including phenoxy) is 1.